The van der Waals surface area contributed by atoms with Crippen molar-refractivity contribution in [3.63, 3.8) is 0 Å². The molecule has 0 saturated carbocycles. The molecule has 2 heterocycles. The van der Waals surface area contributed by atoms with E-state index in [1.807, 2.05) is 24.3 Å². The summed E-state index contributed by atoms with van der Waals surface area (Å²) in [6, 6.07) is 7.54. The van der Waals surface area contributed by atoms with Crippen molar-refractivity contribution in [1.82, 2.24) is 15.3 Å². The lowest BCUT2D eigenvalue weighted by atomic mass is 10.1. The predicted molar refractivity (Wildman–Crippen MR) is 70.5 cm³/mol. The molecule has 5 heteroatoms. The zero-order valence-electron chi connectivity index (χ0n) is 10.7. The van der Waals surface area contributed by atoms with Gasteiger partial charge in [0, 0.05) is 19.5 Å². The van der Waals surface area contributed by atoms with Crippen molar-refractivity contribution in [1.29, 1.82) is 0 Å². The van der Waals surface area contributed by atoms with E-state index in [4.69, 9.17) is 9.47 Å². The molecule has 0 bridgehead atoms. The smallest absolute Gasteiger partial charge is 0.227 e. The highest BCUT2D eigenvalue weighted by atomic mass is 16.5. The van der Waals surface area contributed by atoms with Crippen LogP contribution in [0.3, 0.4) is 0 Å². The molecule has 0 fully saturated rings. The number of fused-ring (bicyclic) bond motifs is 1. The lowest BCUT2D eigenvalue weighted by Crippen LogP contribution is -2.25. The Balaban J connectivity index is 1.95. The lowest BCUT2D eigenvalue weighted by molar-refractivity contribution is 0.370. The molecule has 1 N–H and O–H groups in total. The van der Waals surface area contributed by atoms with E-state index >= 15 is 0 Å². The Morgan fingerprint density at radius 3 is 2.84 bits per heavy atom. The second-order valence-corrected chi connectivity index (χ2v) is 4.28. The van der Waals surface area contributed by atoms with Crippen LogP contribution in [0.1, 0.15) is 11.3 Å². The molecule has 1 aromatic heterocycles. The van der Waals surface area contributed by atoms with E-state index in [2.05, 4.69) is 15.3 Å². The van der Waals surface area contributed by atoms with Crippen LogP contribution in [0, 0.1) is 0 Å². The summed E-state index contributed by atoms with van der Waals surface area (Å²) in [6.45, 7) is 1.68. The molecule has 98 valence electrons. The average molecular weight is 257 g/mol. The number of para-hydroxylation sites is 2. The predicted octanol–water partition coefficient (Wildman–Crippen LogP) is 1.92. The van der Waals surface area contributed by atoms with Crippen molar-refractivity contribution < 1.29 is 9.47 Å². The summed E-state index contributed by atoms with van der Waals surface area (Å²) < 4.78 is 11.2. The van der Waals surface area contributed by atoms with Crippen LogP contribution in [0.5, 0.6) is 17.4 Å². The van der Waals surface area contributed by atoms with Crippen molar-refractivity contribution in [3.05, 3.63) is 41.9 Å². The average Bonchev–Trinajstić information content (AvgIpc) is 2.48. The van der Waals surface area contributed by atoms with Crippen LogP contribution in [0.25, 0.3) is 0 Å². The van der Waals surface area contributed by atoms with Crippen LogP contribution in [0.4, 0.5) is 0 Å². The maximum absolute atomic E-state index is 5.88. The summed E-state index contributed by atoms with van der Waals surface area (Å²) in [4.78, 5) is 8.54. The van der Waals surface area contributed by atoms with Gasteiger partial charge in [0.15, 0.2) is 11.5 Å². The van der Waals surface area contributed by atoms with Crippen LogP contribution < -0.4 is 14.8 Å². The highest BCUT2D eigenvalue weighted by Gasteiger charge is 2.17. The molecule has 1 aliphatic rings. The van der Waals surface area contributed by atoms with E-state index in [1.54, 1.807) is 13.4 Å². The molecule has 5 nitrogen and oxygen atoms in total. The van der Waals surface area contributed by atoms with E-state index in [0.717, 1.165) is 30.8 Å². The van der Waals surface area contributed by atoms with Gasteiger partial charge in [-0.05, 0) is 12.1 Å². The number of hydrogen-bond acceptors (Lipinski definition) is 5. The van der Waals surface area contributed by atoms with Crippen LogP contribution in [0.2, 0.25) is 0 Å². The first-order valence-corrected chi connectivity index (χ1v) is 6.23. The maximum atomic E-state index is 5.88. The fourth-order valence-corrected chi connectivity index (χ4v) is 2.14. The molecule has 0 spiro atoms. The maximum Gasteiger partial charge on any atom is 0.227 e. The van der Waals surface area contributed by atoms with Crippen molar-refractivity contribution in [2.24, 2.45) is 0 Å². The first-order valence-electron chi connectivity index (χ1n) is 6.23. The van der Waals surface area contributed by atoms with Crippen molar-refractivity contribution in [3.8, 4) is 17.4 Å². The molecule has 0 radical (unpaired) electrons. The van der Waals surface area contributed by atoms with Crippen LogP contribution in [0.15, 0.2) is 30.6 Å². The fourth-order valence-electron chi connectivity index (χ4n) is 2.14. The Labute approximate surface area is 111 Å². The third-order valence-corrected chi connectivity index (χ3v) is 3.11. The summed E-state index contributed by atoms with van der Waals surface area (Å²) in [5.74, 6) is 1.96. The zero-order valence-corrected chi connectivity index (χ0v) is 10.7. The van der Waals surface area contributed by atoms with Crippen LogP contribution >= 0.6 is 0 Å². The Hall–Kier alpha value is -2.14. The Morgan fingerprint density at radius 2 is 2.00 bits per heavy atom. The topological polar surface area (TPSA) is 56.3 Å². The van der Waals surface area contributed by atoms with E-state index in [0.29, 0.717) is 17.4 Å². The Morgan fingerprint density at radius 1 is 1.16 bits per heavy atom. The van der Waals surface area contributed by atoms with E-state index in [9.17, 15) is 0 Å². The molecule has 2 aromatic rings. The molecule has 1 aliphatic heterocycles. The van der Waals surface area contributed by atoms with Gasteiger partial charge in [-0.2, -0.15) is 0 Å². The summed E-state index contributed by atoms with van der Waals surface area (Å²) in [5, 5.41) is 3.30. The standard InChI is InChI=1S/C14H15N3O2/c1-18-12-4-2-3-5-13(12)19-14-10-8-15-7-6-11(10)16-9-17-14/h2-5,9,15H,6-8H2,1H3. The molecule has 19 heavy (non-hydrogen) atoms. The molecular weight excluding hydrogens is 242 g/mol. The molecule has 1 aromatic carbocycles. The van der Waals surface area contributed by atoms with Crippen molar-refractivity contribution >= 4 is 0 Å². The molecule has 3 rings (SSSR count). The molecule has 0 saturated heterocycles. The highest BCUT2D eigenvalue weighted by Crippen LogP contribution is 2.32. The van der Waals surface area contributed by atoms with Gasteiger partial charge in [-0.25, -0.2) is 9.97 Å². The number of nitrogens with zero attached hydrogens (tertiary/aromatic N) is 2. The minimum absolute atomic E-state index is 0.599. The summed E-state index contributed by atoms with van der Waals surface area (Å²) in [7, 11) is 1.62. The molecule has 0 atom stereocenters. The Kier molecular flexibility index (Phi) is 3.29. The molecular formula is C14H15N3O2. The second kappa shape index (κ2) is 5.24. The monoisotopic (exact) mass is 257 g/mol. The van der Waals surface area contributed by atoms with E-state index < -0.39 is 0 Å². The summed E-state index contributed by atoms with van der Waals surface area (Å²) in [5.41, 5.74) is 2.08. The minimum atomic E-state index is 0.599. The fraction of sp³-hybridized carbons (Fsp3) is 0.286. The van der Waals surface area contributed by atoms with Crippen LogP contribution in [-0.4, -0.2) is 23.6 Å². The zero-order chi connectivity index (χ0) is 13.1. The van der Waals surface area contributed by atoms with Gasteiger partial charge in [-0.15, -0.1) is 0 Å². The van der Waals surface area contributed by atoms with Crippen molar-refractivity contribution in [2.45, 2.75) is 13.0 Å². The summed E-state index contributed by atoms with van der Waals surface area (Å²) >= 11 is 0. The first kappa shape index (κ1) is 11.9. The van der Waals surface area contributed by atoms with Crippen LogP contribution in [-0.2, 0) is 13.0 Å². The number of ether oxygens (including phenoxy) is 2. The van der Waals surface area contributed by atoms with Gasteiger partial charge >= 0.3 is 0 Å². The van der Waals surface area contributed by atoms with Gasteiger partial charge in [-0.1, -0.05) is 12.1 Å². The normalized spacial score (nSPS) is 13.7. The van der Waals surface area contributed by atoms with E-state index in [1.165, 1.54) is 0 Å². The van der Waals surface area contributed by atoms with Gasteiger partial charge in [0.2, 0.25) is 5.88 Å². The minimum Gasteiger partial charge on any atom is -0.493 e. The molecule has 0 aliphatic carbocycles. The molecule has 0 unspecified atom stereocenters. The van der Waals surface area contributed by atoms with Gasteiger partial charge in [0.25, 0.3) is 0 Å². The number of aromatic nitrogens is 2. The van der Waals surface area contributed by atoms with E-state index in [-0.39, 0.29) is 0 Å². The summed E-state index contributed by atoms with van der Waals surface area (Å²) in [6.07, 6.45) is 2.45. The highest BCUT2D eigenvalue weighted by molar-refractivity contribution is 5.43. The van der Waals surface area contributed by atoms with Gasteiger partial charge in [0.05, 0.1) is 18.4 Å². The number of benzene rings is 1. The largest absolute Gasteiger partial charge is 0.493 e. The Bertz CT molecular complexity index is 587. The SMILES string of the molecule is COc1ccccc1Oc1ncnc2c1CNCC2. The first-order chi connectivity index (χ1) is 9.38. The quantitative estimate of drug-likeness (QED) is 0.910. The second-order valence-electron chi connectivity index (χ2n) is 4.28. The van der Waals surface area contributed by atoms with Crippen molar-refractivity contribution in [2.75, 3.05) is 13.7 Å². The lowest BCUT2D eigenvalue weighted by Gasteiger charge is -2.18. The van der Waals surface area contributed by atoms with Gasteiger partial charge < -0.3 is 14.8 Å². The number of methoxy groups -OCH3 is 1. The van der Waals surface area contributed by atoms with Gasteiger partial charge in [0.1, 0.15) is 6.33 Å². The third kappa shape index (κ3) is 2.37. The number of nitrogens with one attached hydrogen (secondary N) is 1. The third-order valence-electron chi connectivity index (χ3n) is 3.11. The van der Waals surface area contributed by atoms with Gasteiger partial charge in [-0.3, -0.25) is 0 Å². The number of hydrogen-bond donors (Lipinski definition) is 1. The number of rotatable bonds is 3. The molecule has 0 amide bonds.